The zero-order chi connectivity index (χ0) is 34.5. The summed E-state index contributed by atoms with van der Waals surface area (Å²) in [7, 11) is 1.36. The van der Waals surface area contributed by atoms with Crippen LogP contribution in [0.5, 0.6) is 0 Å². The van der Waals surface area contributed by atoms with Crippen molar-refractivity contribution in [3.8, 4) is 0 Å². The molecule has 0 fully saturated rings. The Hall–Kier alpha value is -3.38. The van der Waals surface area contributed by atoms with Gasteiger partial charge in [-0.1, -0.05) is 54.9 Å². The second-order valence-corrected chi connectivity index (χ2v) is 13.3. The zero-order valence-electron chi connectivity index (χ0n) is 26.5. The summed E-state index contributed by atoms with van der Waals surface area (Å²) in [4.78, 5) is 35.3. The number of carbonyl (C=O) groups excluding carboxylic acids is 2. The first-order chi connectivity index (χ1) is 20.7. The van der Waals surface area contributed by atoms with Gasteiger partial charge < -0.3 is 19.7 Å². The number of anilines is 1. The number of alkyl carbamates (subject to hydrolysis) is 1. The van der Waals surface area contributed by atoms with E-state index in [1.165, 1.54) is 29.3 Å². The number of aliphatic imine (C=N–C) groups is 1. The van der Waals surface area contributed by atoms with E-state index >= 15 is 4.39 Å². The molecule has 266 valence electrons. The number of aromatic nitrogens is 1. The van der Waals surface area contributed by atoms with E-state index in [2.05, 4.69) is 35.8 Å². The number of hydrogen-bond acceptors (Lipinski definition) is 7. The van der Waals surface area contributed by atoms with E-state index in [-0.39, 0.29) is 56.1 Å². The van der Waals surface area contributed by atoms with Crippen LogP contribution in [0.15, 0.2) is 46.9 Å². The highest BCUT2D eigenvalue weighted by Crippen LogP contribution is 2.36. The summed E-state index contributed by atoms with van der Waals surface area (Å²) in [5.74, 6) is -3.04. The van der Waals surface area contributed by atoms with Gasteiger partial charge in [0.1, 0.15) is 17.5 Å². The number of benzene rings is 1. The molecule has 15 heteroatoms. The molecule has 1 aromatic heterocycles. The Balaban J connectivity index is 0. The predicted molar refractivity (Wildman–Crippen MR) is 186 cm³/mol. The largest absolute Gasteiger partial charge is 0.478 e. The van der Waals surface area contributed by atoms with Crippen molar-refractivity contribution in [2.45, 2.75) is 91.1 Å². The second-order valence-electron chi connectivity index (χ2n) is 11.8. The van der Waals surface area contributed by atoms with Crippen LogP contribution in [0, 0.1) is 5.82 Å². The lowest BCUT2D eigenvalue weighted by Crippen LogP contribution is -2.51. The van der Waals surface area contributed by atoms with E-state index in [4.69, 9.17) is 4.74 Å². The highest BCUT2D eigenvalue weighted by molar-refractivity contribution is 7.85. The Labute approximate surface area is 281 Å². The highest BCUT2D eigenvalue weighted by Gasteiger charge is 2.39. The average molecular weight is 709 g/mol. The summed E-state index contributed by atoms with van der Waals surface area (Å²) in [6, 6.07) is 4.20. The van der Waals surface area contributed by atoms with Gasteiger partial charge in [0, 0.05) is 7.62 Å². The number of alkyl halides is 3. The summed E-state index contributed by atoms with van der Waals surface area (Å²) in [6.07, 6.45) is -4.40. The van der Waals surface area contributed by atoms with E-state index in [1.807, 2.05) is 6.66 Å². The molecule has 0 bridgehead atoms. The number of nitrogens with one attached hydrogen (secondary N) is 1. The molecule has 9 nitrogen and oxygen atoms in total. The molecule has 3 atom stereocenters. The monoisotopic (exact) mass is 708 g/mol. The van der Waals surface area contributed by atoms with E-state index in [1.54, 1.807) is 41.5 Å². The van der Waals surface area contributed by atoms with Gasteiger partial charge >= 0.3 is 12.3 Å². The Morgan fingerprint density at radius 1 is 1.17 bits per heavy atom. The van der Waals surface area contributed by atoms with Crippen LogP contribution in [-0.4, -0.2) is 64.4 Å². The number of amides is 2. The Bertz CT molecular complexity index is 1480. The zero-order valence-corrected chi connectivity index (χ0v) is 28.4. The van der Waals surface area contributed by atoms with E-state index < -0.39 is 57.7 Å². The number of ether oxygens (including phenoxy) is 2. The van der Waals surface area contributed by atoms with Gasteiger partial charge in [0.25, 0.3) is 11.8 Å². The molecule has 47 heavy (non-hydrogen) atoms. The minimum Gasteiger partial charge on any atom is -0.478 e. The first-order valence-electron chi connectivity index (χ1n) is 13.7. The first-order valence-corrected chi connectivity index (χ1v) is 16.1. The molecule has 1 aliphatic rings. The average Bonchev–Trinajstić information content (AvgIpc) is 3.00. The van der Waals surface area contributed by atoms with Crippen molar-refractivity contribution in [1.82, 2.24) is 10.3 Å². The number of fused-ring (bicyclic) bond motifs is 1. The summed E-state index contributed by atoms with van der Waals surface area (Å²) in [5.41, 5.74) is -0.926. The Morgan fingerprint density at radius 3 is 2.23 bits per heavy atom. The smallest absolute Gasteiger partial charge is 0.468 e. The molecule has 0 radical (unpaired) electrons. The van der Waals surface area contributed by atoms with Crippen molar-refractivity contribution >= 4 is 49.3 Å². The molecule has 1 aliphatic heterocycles. The maximum Gasteiger partial charge on any atom is 0.468 e. The lowest BCUT2D eigenvalue weighted by atomic mass is 9.86. The molecule has 0 saturated heterocycles. The minimum absolute atomic E-state index is 0. The minimum atomic E-state index is -4.83. The van der Waals surface area contributed by atoms with Gasteiger partial charge in [-0.15, -0.1) is 9.24 Å². The van der Waals surface area contributed by atoms with Crippen molar-refractivity contribution in [3.05, 3.63) is 59.7 Å². The summed E-state index contributed by atoms with van der Waals surface area (Å²) in [5, 5.41) is 2.48. The fourth-order valence-electron chi connectivity index (χ4n) is 4.12. The van der Waals surface area contributed by atoms with Crippen molar-refractivity contribution in [3.63, 3.8) is 0 Å². The fourth-order valence-corrected chi connectivity index (χ4v) is 5.47. The lowest BCUT2D eigenvalue weighted by molar-refractivity contribution is -0.120. The van der Waals surface area contributed by atoms with Crippen molar-refractivity contribution < 1.29 is 42.3 Å². The van der Waals surface area contributed by atoms with Crippen LogP contribution >= 0.6 is 9.24 Å². The molecule has 2 amide bonds. The van der Waals surface area contributed by atoms with E-state index in [0.29, 0.717) is 5.56 Å². The number of methoxy groups -OCH3 is 1. The SMILES string of the molecule is C.C.C=C(N=C(OC)C(F)(F)F)c1ccc(CN2C(=O)[C@@H](NC(=O)OC(C)(C)C)CS(=O)c3cc(F)c(C(C)(C)C)cc32)cn1.CP.[HH]. The molecule has 3 rings (SSSR count). The molecule has 0 aliphatic carbocycles. The third-order valence-electron chi connectivity index (χ3n) is 6.10. The molecular weight excluding hydrogens is 659 g/mol. The maximum absolute atomic E-state index is 15.2. The molecule has 0 saturated carbocycles. The van der Waals surface area contributed by atoms with Crippen LogP contribution in [0.25, 0.3) is 5.70 Å². The van der Waals surface area contributed by atoms with Crippen molar-refractivity contribution in [2.75, 3.05) is 24.4 Å². The normalized spacial score (nSPS) is 16.7. The Kier molecular flexibility index (Phi) is 15.9. The number of hydrogen-bond donors (Lipinski definition) is 1. The molecule has 1 aromatic carbocycles. The molecule has 2 unspecified atom stereocenters. The number of nitrogens with zero attached hydrogens (tertiary/aromatic N) is 3. The number of carbonyl (C=O) groups is 2. The predicted octanol–water partition coefficient (Wildman–Crippen LogP) is 7.65. The first kappa shape index (κ1) is 43.6. The van der Waals surface area contributed by atoms with Gasteiger partial charge in [-0.3, -0.25) is 14.0 Å². The molecule has 0 spiro atoms. The summed E-state index contributed by atoms with van der Waals surface area (Å²) < 4.78 is 77.2. The van der Waals surface area contributed by atoms with Crippen LogP contribution < -0.4 is 10.2 Å². The number of rotatable bonds is 5. The fraction of sp³-hybridized carbons (Fsp3) is 0.500. The second kappa shape index (κ2) is 17.1. The third kappa shape index (κ3) is 11.7. The summed E-state index contributed by atoms with van der Waals surface area (Å²) in [6.45, 7) is 15.6. The van der Waals surface area contributed by atoms with Crippen LogP contribution in [0.2, 0.25) is 0 Å². The van der Waals surface area contributed by atoms with Crippen LogP contribution in [0.1, 0.15) is 74.6 Å². The molecular formula is C32H49F4N4O5PS. The van der Waals surface area contributed by atoms with Crippen LogP contribution in [-0.2, 0) is 37.0 Å². The third-order valence-corrected chi connectivity index (χ3v) is 7.55. The number of pyridine rings is 1. The number of halogens is 4. The standard InChI is InChI=1S/C29H34F4N4O5S.CH5P.2CH4.H2/c1-16(35-25(41-8)29(31,32)33)20-10-9-17(13-34-20)14-37-22-11-18(27(2,3)4)19(30)12-23(22)43(40)15-21(24(37)38)36-26(39)42-28(5,6)7;1-2;;;/h9-13,21H,1,14-15H2,2-8H3,(H,36,39);2H2,1H3;2*1H4;1H/t21-,43?;;;;/m0..../s1. The van der Waals surface area contributed by atoms with Crippen molar-refractivity contribution in [1.29, 1.82) is 0 Å². The van der Waals surface area contributed by atoms with Gasteiger partial charge in [-0.2, -0.15) is 13.2 Å². The van der Waals surface area contributed by atoms with Gasteiger partial charge in [-0.05, 0) is 55.5 Å². The van der Waals surface area contributed by atoms with Gasteiger partial charge in [-0.25, -0.2) is 14.2 Å². The van der Waals surface area contributed by atoms with Crippen LogP contribution in [0.3, 0.4) is 0 Å². The van der Waals surface area contributed by atoms with E-state index in [9.17, 15) is 27.0 Å². The van der Waals surface area contributed by atoms with Crippen LogP contribution in [0.4, 0.5) is 28.0 Å². The highest BCUT2D eigenvalue weighted by atomic mass is 32.2. The maximum atomic E-state index is 15.2. The summed E-state index contributed by atoms with van der Waals surface area (Å²) >= 11 is 0. The quantitative estimate of drug-likeness (QED) is 0.148. The van der Waals surface area contributed by atoms with Gasteiger partial charge in [0.2, 0.25) is 0 Å². The van der Waals surface area contributed by atoms with Crippen molar-refractivity contribution in [2.24, 2.45) is 4.99 Å². The topological polar surface area (TPSA) is 110 Å². The lowest BCUT2D eigenvalue weighted by Gasteiger charge is -2.28. The Morgan fingerprint density at radius 2 is 1.77 bits per heavy atom. The molecule has 2 heterocycles. The molecule has 1 N–H and O–H groups in total. The van der Waals surface area contributed by atoms with Gasteiger partial charge in [0.05, 0.1) is 52.2 Å². The molecule has 2 aromatic rings. The van der Waals surface area contributed by atoms with E-state index in [0.717, 1.165) is 13.2 Å². The van der Waals surface area contributed by atoms with Gasteiger partial charge in [0.15, 0.2) is 0 Å².